The van der Waals surface area contributed by atoms with Gasteiger partial charge in [0.1, 0.15) is 17.3 Å². The van der Waals surface area contributed by atoms with Gasteiger partial charge in [0.25, 0.3) is 0 Å². The van der Waals surface area contributed by atoms with Crippen LogP contribution in [0, 0.1) is 16.8 Å². The molecule has 1 aliphatic rings. The highest BCUT2D eigenvalue weighted by molar-refractivity contribution is 6.02. The van der Waals surface area contributed by atoms with E-state index in [1.165, 1.54) is 13.1 Å². The molecule has 0 saturated heterocycles. The molecule has 0 amide bonds. The van der Waals surface area contributed by atoms with Crippen LogP contribution in [0.3, 0.4) is 0 Å². The highest BCUT2D eigenvalue weighted by Gasteiger charge is 2.23. The smallest absolute Gasteiger partial charge is 0.219 e. The van der Waals surface area contributed by atoms with Gasteiger partial charge in [-0.15, -0.1) is 0 Å². The molecular formula is C11H10F2N4O. The SMILES string of the molecule is CN=C(C[N+]1([O-])C=NC=N1)c1ccc(F)cc1F. The molecule has 1 heterocycles. The van der Waals surface area contributed by atoms with Gasteiger partial charge in [-0.3, -0.25) is 4.99 Å². The Balaban J connectivity index is 2.30. The highest BCUT2D eigenvalue weighted by atomic mass is 19.1. The zero-order chi connectivity index (χ0) is 13.2. The summed E-state index contributed by atoms with van der Waals surface area (Å²) < 4.78 is 25.3. The van der Waals surface area contributed by atoms with Gasteiger partial charge >= 0.3 is 0 Å². The third-order valence-electron chi connectivity index (χ3n) is 2.45. The van der Waals surface area contributed by atoms with Crippen molar-refractivity contribution in [2.45, 2.75) is 0 Å². The number of quaternary nitrogens is 1. The van der Waals surface area contributed by atoms with E-state index < -0.39 is 16.4 Å². The number of aliphatic imine (C=N–C) groups is 2. The third-order valence-corrected chi connectivity index (χ3v) is 2.45. The lowest BCUT2D eigenvalue weighted by Gasteiger charge is -2.27. The van der Waals surface area contributed by atoms with Crippen molar-refractivity contribution in [1.29, 1.82) is 0 Å². The van der Waals surface area contributed by atoms with Crippen LogP contribution in [0.1, 0.15) is 5.56 Å². The number of benzene rings is 1. The van der Waals surface area contributed by atoms with Gasteiger partial charge in [-0.1, -0.05) is 5.10 Å². The zero-order valence-electron chi connectivity index (χ0n) is 9.55. The fourth-order valence-electron chi connectivity index (χ4n) is 1.58. The molecule has 1 aliphatic heterocycles. The lowest BCUT2D eigenvalue weighted by atomic mass is 10.1. The third kappa shape index (κ3) is 2.47. The predicted octanol–water partition coefficient (Wildman–Crippen LogP) is 1.68. The van der Waals surface area contributed by atoms with E-state index >= 15 is 0 Å². The standard InChI is InChI=1S/C11H10F2N4O/c1-14-11(5-17(18)7-15-6-16-17)9-3-2-8(12)4-10(9)13/h2-4,6-7H,5H2,1H3. The van der Waals surface area contributed by atoms with E-state index in [-0.39, 0.29) is 17.8 Å². The number of halogens is 2. The van der Waals surface area contributed by atoms with E-state index in [2.05, 4.69) is 15.1 Å². The Bertz CT molecular complexity index is 542. The van der Waals surface area contributed by atoms with E-state index in [0.29, 0.717) is 0 Å². The van der Waals surface area contributed by atoms with Gasteiger partial charge in [0.15, 0.2) is 12.9 Å². The second-order valence-corrected chi connectivity index (χ2v) is 3.70. The predicted molar refractivity (Wildman–Crippen MR) is 64.3 cm³/mol. The first-order valence-electron chi connectivity index (χ1n) is 5.12. The number of hydrogen-bond donors (Lipinski definition) is 0. The van der Waals surface area contributed by atoms with E-state index in [4.69, 9.17) is 0 Å². The second-order valence-electron chi connectivity index (χ2n) is 3.70. The minimum absolute atomic E-state index is 0.0859. The molecule has 0 fully saturated rings. The van der Waals surface area contributed by atoms with Crippen LogP contribution in [0.2, 0.25) is 0 Å². The Hall–Kier alpha value is -1.99. The van der Waals surface area contributed by atoms with E-state index in [1.54, 1.807) is 0 Å². The Morgan fingerprint density at radius 1 is 1.44 bits per heavy atom. The van der Waals surface area contributed by atoms with Crippen LogP contribution in [0.5, 0.6) is 0 Å². The normalized spacial score (nSPS) is 22.8. The van der Waals surface area contributed by atoms with Crippen molar-refractivity contribution in [3.05, 3.63) is 40.6 Å². The maximum Gasteiger partial charge on any atom is 0.219 e. The van der Waals surface area contributed by atoms with Crippen LogP contribution in [-0.2, 0) is 0 Å². The molecule has 7 heteroatoms. The summed E-state index contributed by atoms with van der Waals surface area (Å²) in [6, 6.07) is 3.10. The number of hydroxylamine groups is 2. The largest absolute Gasteiger partial charge is 0.598 e. The van der Waals surface area contributed by atoms with Gasteiger partial charge in [-0.2, -0.15) is 9.75 Å². The quantitative estimate of drug-likeness (QED) is 0.458. The summed E-state index contributed by atoms with van der Waals surface area (Å²) in [6.07, 6.45) is 2.20. The summed E-state index contributed by atoms with van der Waals surface area (Å²) in [6.45, 7) is -0.195. The Kier molecular flexibility index (Phi) is 3.26. The maximum atomic E-state index is 13.6. The molecule has 0 aliphatic carbocycles. The van der Waals surface area contributed by atoms with E-state index in [9.17, 15) is 14.0 Å². The Morgan fingerprint density at radius 3 is 2.78 bits per heavy atom. The van der Waals surface area contributed by atoms with Crippen LogP contribution >= 0.6 is 0 Å². The molecule has 1 aromatic rings. The molecule has 0 aromatic heterocycles. The average Bonchev–Trinajstić information content (AvgIpc) is 2.74. The molecule has 0 saturated carbocycles. The summed E-state index contributed by atoms with van der Waals surface area (Å²) in [7, 11) is 1.43. The molecule has 1 unspecified atom stereocenters. The van der Waals surface area contributed by atoms with Gasteiger partial charge in [0.2, 0.25) is 6.34 Å². The zero-order valence-corrected chi connectivity index (χ0v) is 9.55. The molecule has 0 bridgehead atoms. The lowest BCUT2D eigenvalue weighted by molar-refractivity contribution is -0.775. The number of nitrogens with zero attached hydrogens (tertiary/aromatic N) is 4. The van der Waals surface area contributed by atoms with Crippen LogP contribution in [-0.4, -0.2) is 36.7 Å². The summed E-state index contributed by atoms with van der Waals surface area (Å²) in [5, 5.41) is 15.5. The minimum atomic E-state index is -1.08. The van der Waals surface area contributed by atoms with Gasteiger partial charge < -0.3 is 5.21 Å². The monoisotopic (exact) mass is 252 g/mol. The summed E-state index contributed by atoms with van der Waals surface area (Å²) in [5.74, 6) is -1.44. The molecule has 0 radical (unpaired) electrons. The second kappa shape index (κ2) is 4.71. The maximum absolute atomic E-state index is 13.6. The van der Waals surface area contributed by atoms with Crippen molar-refractivity contribution in [3.8, 4) is 0 Å². The van der Waals surface area contributed by atoms with Crippen molar-refractivity contribution in [2.75, 3.05) is 13.6 Å². The van der Waals surface area contributed by atoms with Crippen LogP contribution < -0.4 is 0 Å². The van der Waals surface area contributed by atoms with Gasteiger partial charge in [0.05, 0.1) is 0 Å². The van der Waals surface area contributed by atoms with Gasteiger partial charge in [0, 0.05) is 18.7 Å². The fraction of sp³-hybridized carbons (Fsp3) is 0.182. The van der Waals surface area contributed by atoms with E-state index in [0.717, 1.165) is 24.8 Å². The summed E-state index contributed by atoms with van der Waals surface area (Å²) in [4.78, 5) is 7.45. The first kappa shape index (κ1) is 12.5. The van der Waals surface area contributed by atoms with Crippen molar-refractivity contribution in [3.63, 3.8) is 0 Å². The average molecular weight is 252 g/mol. The van der Waals surface area contributed by atoms with Crippen LogP contribution in [0.15, 0.2) is 33.3 Å². The summed E-state index contributed by atoms with van der Waals surface area (Å²) in [5.41, 5.74) is 0.288. The molecule has 18 heavy (non-hydrogen) atoms. The van der Waals surface area contributed by atoms with Gasteiger partial charge in [-0.05, 0) is 12.1 Å². The fourth-order valence-corrected chi connectivity index (χ4v) is 1.58. The lowest BCUT2D eigenvalue weighted by Crippen LogP contribution is -2.38. The Labute approximate surface area is 102 Å². The Morgan fingerprint density at radius 2 is 2.22 bits per heavy atom. The van der Waals surface area contributed by atoms with Crippen molar-refractivity contribution in [2.24, 2.45) is 15.1 Å². The molecule has 1 aromatic carbocycles. The van der Waals surface area contributed by atoms with Crippen molar-refractivity contribution < 1.29 is 13.5 Å². The molecule has 1 atom stereocenters. The van der Waals surface area contributed by atoms with Crippen molar-refractivity contribution in [1.82, 2.24) is 0 Å². The first-order valence-corrected chi connectivity index (χ1v) is 5.12. The highest BCUT2D eigenvalue weighted by Crippen LogP contribution is 2.15. The number of hydrogen-bond acceptors (Lipinski definition) is 4. The minimum Gasteiger partial charge on any atom is -0.598 e. The topological polar surface area (TPSA) is 60.1 Å². The molecule has 0 spiro atoms. The molecule has 0 N–H and O–H groups in total. The first-order chi connectivity index (χ1) is 8.54. The van der Waals surface area contributed by atoms with Gasteiger partial charge in [-0.25, -0.2) is 8.78 Å². The molecule has 94 valence electrons. The molecular weight excluding hydrogens is 242 g/mol. The molecule has 2 rings (SSSR count). The summed E-state index contributed by atoms with van der Waals surface area (Å²) >= 11 is 0. The van der Waals surface area contributed by atoms with Crippen LogP contribution in [0.25, 0.3) is 0 Å². The number of rotatable bonds is 3. The van der Waals surface area contributed by atoms with E-state index in [1.807, 2.05) is 0 Å². The van der Waals surface area contributed by atoms with Crippen molar-refractivity contribution >= 4 is 18.4 Å². The molecule has 5 nitrogen and oxygen atoms in total. The van der Waals surface area contributed by atoms with Crippen LogP contribution in [0.4, 0.5) is 8.78 Å².